The molecule has 0 amide bonds. The number of benzene rings is 1. The smallest absolute Gasteiger partial charge is 0.264 e. The van der Waals surface area contributed by atoms with Crippen LogP contribution in [0.25, 0.3) is 0 Å². The van der Waals surface area contributed by atoms with Crippen molar-refractivity contribution in [3.8, 4) is 0 Å². The Kier molecular flexibility index (Phi) is 2.94. The van der Waals surface area contributed by atoms with Crippen molar-refractivity contribution < 1.29 is 12.8 Å². The van der Waals surface area contributed by atoms with E-state index in [1.807, 2.05) is 0 Å². The van der Waals surface area contributed by atoms with Crippen LogP contribution in [-0.4, -0.2) is 18.0 Å². The van der Waals surface area contributed by atoms with Gasteiger partial charge in [0.2, 0.25) is 0 Å². The lowest BCUT2D eigenvalue weighted by molar-refractivity contribution is 0.597. The summed E-state index contributed by atoms with van der Waals surface area (Å²) in [6.45, 7) is 0. The molecule has 0 spiro atoms. The third-order valence-corrected chi connectivity index (χ3v) is 4.03. The summed E-state index contributed by atoms with van der Waals surface area (Å²) in [7, 11) is -3.92. The molecule has 2 rings (SSSR count). The summed E-state index contributed by atoms with van der Waals surface area (Å²) in [5.74, 6) is -0.782. The van der Waals surface area contributed by atoms with Crippen molar-refractivity contribution in [2.75, 3.05) is 10.5 Å². The molecule has 0 radical (unpaired) electrons. The quantitative estimate of drug-likeness (QED) is 0.815. The van der Waals surface area contributed by atoms with Crippen molar-refractivity contribution in [2.45, 2.75) is 4.90 Å². The molecule has 2 aromatic rings. The minimum Gasteiger partial charge on any atom is -0.395 e. The Morgan fingerprint density at radius 1 is 1.41 bits per heavy atom. The molecule has 1 aromatic carbocycles. The van der Waals surface area contributed by atoms with Crippen LogP contribution in [0.5, 0.6) is 0 Å². The van der Waals surface area contributed by atoms with E-state index < -0.39 is 21.5 Å². The van der Waals surface area contributed by atoms with Gasteiger partial charge in [-0.1, -0.05) is 10.6 Å². The molecule has 0 aliphatic heterocycles. The van der Waals surface area contributed by atoms with Gasteiger partial charge in [-0.05, 0) is 12.1 Å². The van der Waals surface area contributed by atoms with Gasteiger partial charge in [0, 0.05) is 11.5 Å². The number of halogens is 1. The van der Waals surface area contributed by atoms with E-state index in [0.29, 0.717) is 0 Å². The van der Waals surface area contributed by atoms with Crippen LogP contribution in [-0.2, 0) is 10.0 Å². The maximum atomic E-state index is 13.1. The van der Waals surface area contributed by atoms with Crippen molar-refractivity contribution in [1.82, 2.24) is 9.59 Å². The van der Waals surface area contributed by atoms with Gasteiger partial charge in [-0.25, -0.2) is 12.8 Å². The van der Waals surface area contributed by atoms with Gasteiger partial charge in [-0.3, -0.25) is 4.72 Å². The topological polar surface area (TPSA) is 98.0 Å². The number of hydrogen-bond acceptors (Lipinski definition) is 6. The lowest BCUT2D eigenvalue weighted by atomic mass is 10.3. The third-order valence-electron chi connectivity index (χ3n) is 1.90. The maximum Gasteiger partial charge on any atom is 0.264 e. The second kappa shape index (κ2) is 4.26. The SMILES string of the molecule is Nc1c(F)cccc1S(=O)(=O)Nc1cnns1. The first-order valence-electron chi connectivity index (χ1n) is 4.35. The lowest BCUT2D eigenvalue weighted by Gasteiger charge is -2.08. The number of aromatic nitrogens is 2. The minimum absolute atomic E-state index is 0.230. The summed E-state index contributed by atoms with van der Waals surface area (Å²) >= 11 is 0.869. The maximum absolute atomic E-state index is 13.1. The number of sulfonamides is 1. The fraction of sp³-hybridized carbons (Fsp3) is 0. The number of nitrogen functional groups attached to an aromatic ring is 1. The number of nitrogens with zero attached hydrogens (tertiary/aromatic N) is 2. The second-order valence-corrected chi connectivity index (χ2v) is 5.48. The first kappa shape index (κ1) is 11.7. The first-order valence-corrected chi connectivity index (χ1v) is 6.60. The van der Waals surface area contributed by atoms with E-state index >= 15 is 0 Å². The number of para-hydroxylation sites is 1. The van der Waals surface area contributed by atoms with E-state index in [9.17, 15) is 12.8 Å². The van der Waals surface area contributed by atoms with Crippen LogP contribution in [0.2, 0.25) is 0 Å². The van der Waals surface area contributed by atoms with E-state index in [0.717, 1.165) is 17.6 Å². The van der Waals surface area contributed by atoms with Crippen molar-refractivity contribution in [3.63, 3.8) is 0 Å². The van der Waals surface area contributed by atoms with Gasteiger partial charge in [0.25, 0.3) is 10.0 Å². The van der Waals surface area contributed by atoms with Crippen LogP contribution in [0.4, 0.5) is 15.1 Å². The summed E-state index contributed by atoms with van der Waals surface area (Å²) < 4.78 is 42.6. The Hall–Kier alpha value is -1.74. The molecule has 0 bridgehead atoms. The Morgan fingerprint density at radius 2 is 2.18 bits per heavy atom. The Bertz CT molecular complexity index is 627. The van der Waals surface area contributed by atoms with Gasteiger partial charge >= 0.3 is 0 Å². The molecule has 3 N–H and O–H groups in total. The fourth-order valence-electron chi connectivity index (χ4n) is 1.15. The Balaban J connectivity index is 2.42. The monoisotopic (exact) mass is 274 g/mol. The van der Waals surface area contributed by atoms with Crippen LogP contribution in [0, 0.1) is 5.82 Å². The standard InChI is InChI=1S/C8H7FN4O2S2/c9-5-2-1-3-6(8(5)10)17(14,15)12-7-4-11-13-16-7/h1-4,12H,10H2. The van der Waals surface area contributed by atoms with E-state index in [1.165, 1.54) is 18.3 Å². The van der Waals surface area contributed by atoms with Crippen LogP contribution < -0.4 is 10.5 Å². The van der Waals surface area contributed by atoms with Gasteiger partial charge in [0.05, 0.1) is 11.9 Å². The average Bonchev–Trinajstić information content (AvgIpc) is 2.73. The summed E-state index contributed by atoms with van der Waals surface area (Å²) in [6, 6.07) is 3.57. The van der Waals surface area contributed by atoms with E-state index in [-0.39, 0.29) is 9.90 Å². The van der Waals surface area contributed by atoms with Crippen molar-refractivity contribution >= 4 is 32.2 Å². The highest BCUT2D eigenvalue weighted by atomic mass is 32.2. The molecule has 1 aromatic heterocycles. The fourth-order valence-corrected chi connectivity index (χ4v) is 2.98. The van der Waals surface area contributed by atoms with Gasteiger partial charge in [0.15, 0.2) is 0 Å². The normalized spacial score (nSPS) is 11.4. The summed E-state index contributed by atoms with van der Waals surface area (Å²) in [4.78, 5) is -0.314. The second-order valence-electron chi connectivity index (χ2n) is 3.04. The predicted molar refractivity (Wildman–Crippen MR) is 61.5 cm³/mol. The molecular formula is C8H7FN4O2S2. The molecule has 1 heterocycles. The molecule has 0 atom stereocenters. The van der Waals surface area contributed by atoms with Crippen molar-refractivity contribution in [2.24, 2.45) is 0 Å². The van der Waals surface area contributed by atoms with Gasteiger partial charge in [0.1, 0.15) is 15.7 Å². The number of hydrogen-bond donors (Lipinski definition) is 2. The zero-order valence-electron chi connectivity index (χ0n) is 8.29. The van der Waals surface area contributed by atoms with Crippen molar-refractivity contribution in [3.05, 3.63) is 30.2 Å². The van der Waals surface area contributed by atoms with E-state index in [1.54, 1.807) is 0 Å². The molecule has 0 aliphatic carbocycles. The summed E-state index contributed by atoms with van der Waals surface area (Å²) in [5, 5.41) is 3.71. The molecule has 0 saturated carbocycles. The summed E-state index contributed by atoms with van der Waals surface area (Å²) in [5.41, 5.74) is 4.96. The zero-order valence-corrected chi connectivity index (χ0v) is 9.93. The molecule has 90 valence electrons. The minimum atomic E-state index is -3.92. The van der Waals surface area contributed by atoms with Gasteiger partial charge in [-0.2, -0.15) is 0 Å². The van der Waals surface area contributed by atoms with E-state index in [4.69, 9.17) is 5.73 Å². The van der Waals surface area contributed by atoms with Crippen LogP contribution in [0.3, 0.4) is 0 Å². The molecular weight excluding hydrogens is 267 g/mol. The molecule has 0 unspecified atom stereocenters. The van der Waals surface area contributed by atoms with Crippen LogP contribution in [0.1, 0.15) is 0 Å². The first-order chi connectivity index (χ1) is 8.00. The Labute approximate surface area is 100 Å². The molecule has 9 heteroatoms. The molecule has 17 heavy (non-hydrogen) atoms. The average molecular weight is 274 g/mol. The van der Waals surface area contributed by atoms with Crippen molar-refractivity contribution in [1.29, 1.82) is 0 Å². The number of anilines is 2. The molecule has 0 saturated heterocycles. The van der Waals surface area contributed by atoms with E-state index in [2.05, 4.69) is 14.3 Å². The van der Waals surface area contributed by atoms with Crippen LogP contribution >= 0.6 is 11.5 Å². The highest BCUT2D eigenvalue weighted by Gasteiger charge is 2.20. The molecule has 6 nitrogen and oxygen atoms in total. The molecule has 0 aliphatic rings. The highest BCUT2D eigenvalue weighted by molar-refractivity contribution is 7.93. The number of nitrogens with one attached hydrogen (secondary N) is 1. The van der Waals surface area contributed by atoms with Crippen LogP contribution in [0.15, 0.2) is 29.3 Å². The zero-order chi connectivity index (χ0) is 12.5. The van der Waals surface area contributed by atoms with Gasteiger partial charge in [-0.15, -0.1) is 5.10 Å². The van der Waals surface area contributed by atoms with Gasteiger partial charge < -0.3 is 5.73 Å². The Morgan fingerprint density at radius 3 is 2.82 bits per heavy atom. The highest BCUT2D eigenvalue weighted by Crippen LogP contribution is 2.24. The number of nitrogens with two attached hydrogens (primary N) is 1. The molecule has 0 fully saturated rings. The summed E-state index contributed by atoms with van der Waals surface area (Å²) in [6.07, 6.45) is 1.25. The third kappa shape index (κ3) is 2.34. The predicted octanol–water partition coefficient (Wildman–Crippen LogP) is 1.06. The lowest BCUT2D eigenvalue weighted by Crippen LogP contribution is -2.14. The number of rotatable bonds is 3. The largest absolute Gasteiger partial charge is 0.395 e.